The minimum Gasteiger partial charge on any atom is -0.481 e. The van der Waals surface area contributed by atoms with E-state index in [4.69, 9.17) is 5.11 Å². The average molecular weight is 290 g/mol. The van der Waals surface area contributed by atoms with E-state index in [1.54, 1.807) is 4.90 Å². The number of hydrogen-bond acceptors (Lipinski definition) is 3. The maximum atomic E-state index is 11.9. The molecule has 0 aliphatic carbocycles. The number of nitrogens with zero attached hydrogens (tertiary/aromatic N) is 2. The molecule has 1 aromatic carbocycles. The molecular formula is C16H22N2O3. The summed E-state index contributed by atoms with van der Waals surface area (Å²) in [6.07, 6.45) is 0.00877. The van der Waals surface area contributed by atoms with E-state index in [1.165, 1.54) is 16.8 Å². The first-order valence-electron chi connectivity index (χ1n) is 7.30. The van der Waals surface area contributed by atoms with Crippen molar-refractivity contribution < 1.29 is 14.7 Å². The third kappa shape index (κ3) is 3.74. The van der Waals surface area contributed by atoms with Crippen LogP contribution in [-0.2, 0) is 9.59 Å². The van der Waals surface area contributed by atoms with Crippen molar-refractivity contribution in [1.29, 1.82) is 0 Å². The highest BCUT2D eigenvalue weighted by Gasteiger charge is 2.22. The second-order valence-electron chi connectivity index (χ2n) is 5.48. The lowest BCUT2D eigenvalue weighted by atomic mass is 10.1. The number of carbonyl (C=O) groups is 2. The number of anilines is 1. The van der Waals surface area contributed by atoms with E-state index in [0.717, 1.165) is 13.1 Å². The van der Waals surface area contributed by atoms with Crippen molar-refractivity contribution in [3.05, 3.63) is 29.3 Å². The standard InChI is InChI=1S/C16H22N2O3/c1-12-4-3-5-14(13(12)2)17-8-10-18(11-9-17)15(19)6-7-16(20)21/h3-5H,6-11H2,1-2H3,(H,20,21). The van der Waals surface area contributed by atoms with Gasteiger partial charge in [0.15, 0.2) is 0 Å². The third-order valence-electron chi connectivity index (χ3n) is 4.10. The Balaban J connectivity index is 1.92. The zero-order chi connectivity index (χ0) is 15.4. The van der Waals surface area contributed by atoms with Gasteiger partial charge in [-0.05, 0) is 31.0 Å². The predicted molar refractivity (Wildman–Crippen MR) is 81.6 cm³/mol. The van der Waals surface area contributed by atoms with Gasteiger partial charge in [0.05, 0.1) is 6.42 Å². The molecule has 0 aromatic heterocycles. The van der Waals surface area contributed by atoms with Crippen LogP contribution in [0.4, 0.5) is 5.69 Å². The molecular weight excluding hydrogens is 268 g/mol. The molecule has 5 heteroatoms. The van der Waals surface area contributed by atoms with Gasteiger partial charge >= 0.3 is 5.97 Å². The van der Waals surface area contributed by atoms with Crippen LogP contribution in [0.15, 0.2) is 18.2 Å². The highest BCUT2D eigenvalue weighted by atomic mass is 16.4. The van der Waals surface area contributed by atoms with E-state index in [0.29, 0.717) is 13.1 Å². The summed E-state index contributed by atoms with van der Waals surface area (Å²) in [5.74, 6) is -0.976. The monoisotopic (exact) mass is 290 g/mol. The minimum absolute atomic E-state index is 0.0574. The maximum absolute atomic E-state index is 11.9. The van der Waals surface area contributed by atoms with Gasteiger partial charge < -0.3 is 14.9 Å². The van der Waals surface area contributed by atoms with E-state index in [9.17, 15) is 9.59 Å². The quantitative estimate of drug-likeness (QED) is 0.919. The molecule has 1 amide bonds. The second-order valence-corrected chi connectivity index (χ2v) is 5.48. The highest BCUT2D eigenvalue weighted by Crippen LogP contribution is 2.23. The fourth-order valence-corrected chi connectivity index (χ4v) is 2.65. The number of amides is 1. The average Bonchev–Trinajstić information content (AvgIpc) is 2.48. The van der Waals surface area contributed by atoms with Crippen molar-refractivity contribution in [3.63, 3.8) is 0 Å². The zero-order valence-electron chi connectivity index (χ0n) is 12.6. The number of benzene rings is 1. The van der Waals surface area contributed by atoms with Crippen LogP contribution >= 0.6 is 0 Å². The lowest BCUT2D eigenvalue weighted by Crippen LogP contribution is -2.49. The fourth-order valence-electron chi connectivity index (χ4n) is 2.65. The van der Waals surface area contributed by atoms with E-state index in [-0.39, 0.29) is 18.7 Å². The normalized spacial score (nSPS) is 15.1. The van der Waals surface area contributed by atoms with Gasteiger partial charge in [0.1, 0.15) is 0 Å². The van der Waals surface area contributed by atoms with Crippen LogP contribution in [-0.4, -0.2) is 48.1 Å². The van der Waals surface area contributed by atoms with Crippen LogP contribution in [0.5, 0.6) is 0 Å². The largest absolute Gasteiger partial charge is 0.481 e. The number of carbonyl (C=O) groups excluding carboxylic acids is 1. The number of rotatable bonds is 4. The fraction of sp³-hybridized carbons (Fsp3) is 0.500. The van der Waals surface area contributed by atoms with Crippen LogP contribution in [0.2, 0.25) is 0 Å². The summed E-state index contributed by atoms with van der Waals surface area (Å²) in [6.45, 7) is 7.13. The number of carboxylic acid groups (broad SMARTS) is 1. The third-order valence-corrected chi connectivity index (χ3v) is 4.10. The Kier molecular flexibility index (Phi) is 4.83. The van der Waals surface area contributed by atoms with E-state index in [2.05, 4.69) is 36.9 Å². The van der Waals surface area contributed by atoms with Crippen LogP contribution in [0.1, 0.15) is 24.0 Å². The molecule has 1 N–H and O–H groups in total. The van der Waals surface area contributed by atoms with Crippen molar-refractivity contribution >= 4 is 17.6 Å². The lowest BCUT2D eigenvalue weighted by Gasteiger charge is -2.37. The molecule has 1 heterocycles. The van der Waals surface area contributed by atoms with Crippen LogP contribution < -0.4 is 4.90 Å². The Morgan fingerprint density at radius 2 is 1.76 bits per heavy atom. The molecule has 0 saturated carbocycles. The highest BCUT2D eigenvalue weighted by molar-refractivity contribution is 5.81. The summed E-state index contributed by atoms with van der Waals surface area (Å²) < 4.78 is 0. The van der Waals surface area contributed by atoms with Gasteiger partial charge in [-0.3, -0.25) is 9.59 Å². The topological polar surface area (TPSA) is 60.9 Å². The molecule has 0 radical (unpaired) electrons. The van der Waals surface area contributed by atoms with Crippen molar-refractivity contribution in [1.82, 2.24) is 4.90 Å². The van der Waals surface area contributed by atoms with Crippen LogP contribution in [0.3, 0.4) is 0 Å². The Hall–Kier alpha value is -2.04. The molecule has 0 bridgehead atoms. The van der Waals surface area contributed by atoms with Crippen LogP contribution in [0.25, 0.3) is 0 Å². The molecule has 1 aliphatic heterocycles. The zero-order valence-corrected chi connectivity index (χ0v) is 12.6. The molecule has 1 fully saturated rings. The molecule has 21 heavy (non-hydrogen) atoms. The first-order valence-corrected chi connectivity index (χ1v) is 7.30. The summed E-state index contributed by atoms with van der Waals surface area (Å²) in [5.41, 5.74) is 3.78. The van der Waals surface area contributed by atoms with Gasteiger partial charge in [-0.1, -0.05) is 12.1 Å². The molecule has 5 nitrogen and oxygen atoms in total. The van der Waals surface area contributed by atoms with Gasteiger partial charge in [-0.25, -0.2) is 0 Å². The van der Waals surface area contributed by atoms with Gasteiger partial charge in [-0.2, -0.15) is 0 Å². The summed E-state index contributed by atoms with van der Waals surface area (Å²) in [5, 5.41) is 8.63. The van der Waals surface area contributed by atoms with Gasteiger partial charge in [0.2, 0.25) is 5.91 Å². The van der Waals surface area contributed by atoms with Crippen LogP contribution in [0, 0.1) is 13.8 Å². The van der Waals surface area contributed by atoms with E-state index >= 15 is 0 Å². The van der Waals surface area contributed by atoms with Gasteiger partial charge in [-0.15, -0.1) is 0 Å². The number of piperazine rings is 1. The molecule has 0 atom stereocenters. The van der Waals surface area contributed by atoms with E-state index in [1.807, 2.05) is 0 Å². The summed E-state index contributed by atoms with van der Waals surface area (Å²) in [7, 11) is 0. The molecule has 1 aromatic rings. The lowest BCUT2D eigenvalue weighted by molar-refractivity contribution is -0.141. The Labute approximate surface area is 125 Å². The molecule has 2 rings (SSSR count). The summed E-state index contributed by atoms with van der Waals surface area (Å²) in [6, 6.07) is 6.27. The SMILES string of the molecule is Cc1cccc(N2CCN(C(=O)CCC(=O)O)CC2)c1C. The molecule has 114 valence electrons. The predicted octanol–water partition coefficient (Wildman–Crippen LogP) is 1.82. The Bertz CT molecular complexity index is 534. The van der Waals surface area contributed by atoms with Crippen molar-refractivity contribution in [2.24, 2.45) is 0 Å². The first-order chi connectivity index (χ1) is 9.99. The maximum Gasteiger partial charge on any atom is 0.303 e. The van der Waals surface area contributed by atoms with Crippen molar-refractivity contribution in [3.8, 4) is 0 Å². The number of hydrogen-bond donors (Lipinski definition) is 1. The number of carboxylic acids is 1. The molecule has 1 saturated heterocycles. The number of aliphatic carboxylic acids is 1. The minimum atomic E-state index is -0.919. The van der Waals surface area contributed by atoms with Crippen molar-refractivity contribution in [2.75, 3.05) is 31.1 Å². The first kappa shape index (κ1) is 15.4. The number of aryl methyl sites for hydroxylation is 1. The Morgan fingerprint density at radius 1 is 1.10 bits per heavy atom. The summed E-state index contributed by atoms with van der Waals surface area (Å²) in [4.78, 5) is 26.5. The van der Waals surface area contributed by atoms with E-state index < -0.39 is 5.97 Å². The smallest absolute Gasteiger partial charge is 0.303 e. The Morgan fingerprint density at radius 3 is 2.38 bits per heavy atom. The van der Waals surface area contributed by atoms with Gasteiger partial charge in [0.25, 0.3) is 0 Å². The van der Waals surface area contributed by atoms with Gasteiger partial charge in [0, 0.05) is 38.3 Å². The molecule has 0 spiro atoms. The molecule has 1 aliphatic rings. The molecule has 0 unspecified atom stereocenters. The summed E-state index contributed by atoms with van der Waals surface area (Å²) >= 11 is 0. The second kappa shape index (κ2) is 6.61. The van der Waals surface area contributed by atoms with Crippen molar-refractivity contribution in [2.45, 2.75) is 26.7 Å².